The van der Waals surface area contributed by atoms with Crippen molar-refractivity contribution in [3.05, 3.63) is 65.5 Å². The summed E-state index contributed by atoms with van der Waals surface area (Å²) in [7, 11) is 3.66. The van der Waals surface area contributed by atoms with E-state index in [4.69, 9.17) is 10.5 Å². The molecule has 4 heteroatoms. The summed E-state index contributed by atoms with van der Waals surface area (Å²) < 4.78 is 18.6. The second-order valence-corrected chi connectivity index (χ2v) is 5.17. The number of para-hydroxylation sites is 1. The van der Waals surface area contributed by atoms with Gasteiger partial charge in [0, 0.05) is 24.7 Å². The summed E-state index contributed by atoms with van der Waals surface area (Å²) in [5.41, 5.74) is 8.06. The second kappa shape index (κ2) is 7.20. The fourth-order valence-corrected chi connectivity index (χ4v) is 2.37. The molecule has 21 heavy (non-hydrogen) atoms. The zero-order valence-electron chi connectivity index (χ0n) is 12.4. The standard InChI is InChI=1S/C17H21FN2O/c1-20(11-14-6-3-4-9-17(14)21-2)12-16(19)13-7-5-8-15(18)10-13/h3-10,16H,11-12,19H2,1-2H3. The first-order valence-electron chi connectivity index (χ1n) is 6.91. The van der Waals surface area contributed by atoms with Crippen LogP contribution in [0.1, 0.15) is 17.2 Å². The van der Waals surface area contributed by atoms with Crippen molar-refractivity contribution in [2.45, 2.75) is 12.6 Å². The van der Waals surface area contributed by atoms with Crippen molar-refractivity contribution in [1.82, 2.24) is 4.90 Å². The van der Waals surface area contributed by atoms with E-state index in [1.807, 2.05) is 37.4 Å². The quantitative estimate of drug-likeness (QED) is 0.888. The van der Waals surface area contributed by atoms with E-state index in [-0.39, 0.29) is 11.9 Å². The van der Waals surface area contributed by atoms with Crippen molar-refractivity contribution in [3.8, 4) is 5.75 Å². The van der Waals surface area contributed by atoms with Crippen LogP contribution in [0.4, 0.5) is 4.39 Å². The molecule has 3 nitrogen and oxygen atoms in total. The minimum atomic E-state index is -0.254. The van der Waals surface area contributed by atoms with Gasteiger partial charge < -0.3 is 15.4 Å². The van der Waals surface area contributed by atoms with E-state index in [9.17, 15) is 4.39 Å². The average molecular weight is 288 g/mol. The van der Waals surface area contributed by atoms with E-state index in [0.29, 0.717) is 6.54 Å². The number of benzene rings is 2. The predicted octanol–water partition coefficient (Wildman–Crippen LogP) is 2.97. The van der Waals surface area contributed by atoms with Crippen LogP contribution in [0, 0.1) is 5.82 Å². The Morgan fingerprint density at radius 1 is 1.19 bits per heavy atom. The van der Waals surface area contributed by atoms with Gasteiger partial charge in [-0.1, -0.05) is 30.3 Å². The summed E-state index contributed by atoms with van der Waals surface area (Å²) in [5.74, 6) is 0.610. The summed E-state index contributed by atoms with van der Waals surface area (Å²) in [6, 6.07) is 14.1. The Bertz CT molecular complexity index is 589. The highest BCUT2D eigenvalue weighted by atomic mass is 19.1. The minimum absolute atomic E-state index is 0.222. The molecule has 0 saturated heterocycles. The molecule has 0 aliphatic heterocycles. The predicted molar refractivity (Wildman–Crippen MR) is 82.7 cm³/mol. The zero-order chi connectivity index (χ0) is 15.2. The molecular weight excluding hydrogens is 267 g/mol. The normalized spacial score (nSPS) is 12.4. The number of halogens is 1. The van der Waals surface area contributed by atoms with Gasteiger partial charge >= 0.3 is 0 Å². The first-order chi connectivity index (χ1) is 10.1. The highest BCUT2D eigenvalue weighted by molar-refractivity contribution is 5.33. The number of likely N-dealkylation sites (N-methyl/N-ethyl adjacent to an activating group) is 1. The number of rotatable bonds is 6. The summed E-state index contributed by atoms with van der Waals surface area (Å²) in [5, 5.41) is 0. The van der Waals surface area contributed by atoms with Crippen molar-refractivity contribution in [3.63, 3.8) is 0 Å². The van der Waals surface area contributed by atoms with E-state index >= 15 is 0 Å². The lowest BCUT2D eigenvalue weighted by atomic mass is 10.1. The summed E-state index contributed by atoms with van der Waals surface area (Å²) in [6.45, 7) is 1.37. The third-order valence-corrected chi connectivity index (χ3v) is 3.42. The van der Waals surface area contributed by atoms with Gasteiger partial charge in [-0.05, 0) is 30.8 Å². The minimum Gasteiger partial charge on any atom is -0.496 e. The van der Waals surface area contributed by atoms with Crippen LogP contribution in [-0.2, 0) is 6.54 Å². The molecule has 0 radical (unpaired) electrons. The molecule has 0 aromatic heterocycles. The van der Waals surface area contributed by atoms with Gasteiger partial charge in [-0.15, -0.1) is 0 Å². The van der Waals surface area contributed by atoms with Gasteiger partial charge in [-0.3, -0.25) is 0 Å². The maximum absolute atomic E-state index is 13.2. The Morgan fingerprint density at radius 2 is 1.95 bits per heavy atom. The van der Waals surface area contributed by atoms with E-state index in [0.717, 1.165) is 23.4 Å². The number of hydrogen-bond acceptors (Lipinski definition) is 3. The molecule has 1 unspecified atom stereocenters. The van der Waals surface area contributed by atoms with Crippen molar-refractivity contribution in [2.75, 3.05) is 20.7 Å². The largest absolute Gasteiger partial charge is 0.496 e. The summed E-state index contributed by atoms with van der Waals surface area (Å²) in [6.07, 6.45) is 0. The van der Waals surface area contributed by atoms with Crippen molar-refractivity contribution < 1.29 is 9.13 Å². The Labute approximate surface area is 125 Å². The number of ether oxygens (including phenoxy) is 1. The third-order valence-electron chi connectivity index (χ3n) is 3.42. The van der Waals surface area contributed by atoms with E-state index in [1.165, 1.54) is 12.1 Å². The maximum atomic E-state index is 13.2. The highest BCUT2D eigenvalue weighted by Gasteiger charge is 2.12. The molecule has 2 aromatic rings. The molecule has 0 bridgehead atoms. The Balaban J connectivity index is 1.99. The first-order valence-corrected chi connectivity index (χ1v) is 6.91. The second-order valence-electron chi connectivity index (χ2n) is 5.17. The molecular formula is C17H21FN2O. The Kier molecular flexibility index (Phi) is 5.31. The molecule has 0 aliphatic carbocycles. The van der Waals surface area contributed by atoms with Gasteiger partial charge in [-0.25, -0.2) is 4.39 Å². The SMILES string of the molecule is COc1ccccc1CN(C)CC(N)c1cccc(F)c1. The molecule has 0 amide bonds. The maximum Gasteiger partial charge on any atom is 0.123 e. The van der Waals surface area contributed by atoms with E-state index < -0.39 is 0 Å². The summed E-state index contributed by atoms with van der Waals surface area (Å²) >= 11 is 0. The molecule has 0 heterocycles. The molecule has 2 aromatic carbocycles. The van der Waals surface area contributed by atoms with E-state index in [1.54, 1.807) is 13.2 Å². The Hall–Kier alpha value is -1.91. The van der Waals surface area contributed by atoms with Crippen LogP contribution in [0.2, 0.25) is 0 Å². The molecule has 0 spiro atoms. The molecule has 0 fully saturated rings. The average Bonchev–Trinajstić information content (AvgIpc) is 2.47. The lowest BCUT2D eigenvalue weighted by Gasteiger charge is -2.22. The van der Waals surface area contributed by atoms with Crippen molar-refractivity contribution in [2.24, 2.45) is 5.73 Å². The fourth-order valence-electron chi connectivity index (χ4n) is 2.37. The fraction of sp³-hybridized carbons (Fsp3) is 0.294. The van der Waals surface area contributed by atoms with Crippen molar-refractivity contribution in [1.29, 1.82) is 0 Å². The zero-order valence-corrected chi connectivity index (χ0v) is 12.4. The van der Waals surface area contributed by atoms with Crippen LogP contribution < -0.4 is 10.5 Å². The monoisotopic (exact) mass is 288 g/mol. The molecule has 2 N–H and O–H groups in total. The third kappa shape index (κ3) is 4.28. The molecule has 0 aliphatic rings. The van der Waals surface area contributed by atoms with Crippen LogP contribution in [0.25, 0.3) is 0 Å². The van der Waals surface area contributed by atoms with Crippen LogP contribution in [0.3, 0.4) is 0 Å². The van der Waals surface area contributed by atoms with Crippen LogP contribution in [0.5, 0.6) is 5.75 Å². The highest BCUT2D eigenvalue weighted by Crippen LogP contribution is 2.20. The van der Waals surface area contributed by atoms with Gasteiger partial charge in [0.25, 0.3) is 0 Å². The van der Waals surface area contributed by atoms with Gasteiger partial charge in [0.05, 0.1) is 7.11 Å². The lowest BCUT2D eigenvalue weighted by Crippen LogP contribution is -2.29. The molecule has 0 saturated carbocycles. The molecule has 1 atom stereocenters. The van der Waals surface area contributed by atoms with Gasteiger partial charge in [0.15, 0.2) is 0 Å². The number of nitrogens with two attached hydrogens (primary N) is 1. The van der Waals surface area contributed by atoms with Crippen molar-refractivity contribution >= 4 is 0 Å². The van der Waals surface area contributed by atoms with Crippen LogP contribution in [-0.4, -0.2) is 25.6 Å². The van der Waals surface area contributed by atoms with Gasteiger partial charge in [-0.2, -0.15) is 0 Å². The van der Waals surface area contributed by atoms with Gasteiger partial charge in [0.1, 0.15) is 11.6 Å². The molecule has 112 valence electrons. The lowest BCUT2D eigenvalue weighted by molar-refractivity contribution is 0.298. The number of hydrogen-bond donors (Lipinski definition) is 1. The topological polar surface area (TPSA) is 38.5 Å². The first kappa shape index (κ1) is 15.5. The van der Waals surface area contributed by atoms with E-state index in [2.05, 4.69) is 4.90 Å². The molecule has 2 rings (SSSR count). The Morgan fingerprint density at radius 3 is 2.67 bits per heavy atom. The number of nitrogens with zero attached hydrogens (tertiary/aromatic N) is 1. The van der Waals surface area contributed by atoms with Gasteiger partial charge in [0.2, 0.25) is 0 Å². The van der Waals surface area contributed by atoms with Crippen LogP contribution in [0.15, 0.2) is 48.5 Å². The smallest absolute Gasteiger partial charge is 0.123 e. The summed E-state index contributed by atoms with van der Waals surface area (Å²) in [4.78, 5) is 2.10. The van der Waals surface area contributed by atoms with Crippen LogP contribution >= 0.6 is 0 Å². The number of methoxy groups -OCH3 is 1.